The van der Waals surface area contributed by atoms with Crippen LogP contribution in [0.4, 0.5) is 0 Å². The highest BCUT2D eigenvalue weighted by molar-refractivity contribution is 5.79. The fourth-order valence-corrected chi connectivity index (χ4v) is 3.24. The third-order valence-corrected chi connectivity index (χ3v) is 4.78. The summed E-state index contributed by atoms with van der Waals surface area (Å²) in [6.07, 6.45) is 4.73. The molecule has 0 saturated carbocycles. The Morgan fingerprint density at radius 3 is 2.55 bits per heavy atom. The van der Waals surface area contributed by atoms with Crippen LogP contribution in [0.2, 0.25) is 0 Å². The van der Waals surface area contributed by atoms with E-state index in [0.29, 0.717) is 0 Å². The van der Waals surface area contributed by atoms with Crippen molar-refractivity contribution in [3.05, 3.63) is 83.9 Å². The van der Waals surface area contributed by atoms with Crippen molar-refractivity contribution < 1.29 is 4.74 Å². The zero-order valence-electron chi connectivity index (χ0n) is 17.4. The average molecular weight is 392 g/mol. The molecule has 3 aromatic rings. The lowest BCUT2D eigenvalue weighted by atomic mass is 10.2. The van der Waals surface area contributed by atoms with E-state index in [9.17, 15) is 0 Å². The van der Waals surface area contributed by atoms with Gasteiger partial charge in [-0.1, -0.05) is 42.5 Å². The molecule has 0 radical (unpaired) electrons. The van der Waals surface area contributed by atoms with E-state index in [1.165, 1.54) is 11.1 Å². The Balaban J connectivity index is 1.51. The number of rotatable bonds is 8. The van der Waals surface area contributed by atoms with Crippen molar-refractivity contribution in [1.29, 1.82) is 0 Å². The summed E-state index contributed by atoms with van der Waals surface area (Å²) in [6.45, 7) is 2.38. The summed E-state index contributed by atoms with van der Waals surface area (Å²) >= 11 is 0. The molecule has 0 aliphatic rings. The number of ether oxygens (including phenoxy) is 1. The van der Waals surface area contributed by atoms with Crippen molar-refractivity contribution in [2.75, 3.05) is 27.7 Å². The number of hydrogen-bond donors (Lipinski definition) is 1. The van der Waals surface area contributed by atoms with Crippen LogP contribution in [0, 0.1) is 0 Å². The molecule has 2 aromatic carbocycles. The van der Waals surface area contributed by atoms with Gasteiger partial charge in [0.25, 0.3) is 0 Å². The van der Waals surface area contributed by atoms with Gasteiger partial charge in [0.15, 0.2) is 5.96 Å². The van der Waals surface area contributed by atoms with Gasteiger partial charge in [0, 0.05) is 52.5 Å². The molecule has 152 valence electrons. The predicted octanol–water partition coefficient (Wildman–Crippen LogP) is 3.19. The molecule has 3 rings (SSSR count). The molecule has 0 spiro atoms. The smallest absolute Gasteiger partial charge is 0.193 e. The molecule has 6 nitrogen and oxygen atoms in total. The monoisotopic (exact) mass is 391 g/mol. The second-order valence-electron chi connectivity index (χ2n) is 6.89. The Kier molecular flexibility index (Phi) is 7.28. The number of hydrogen-bond acceptors (Lipinski definition) is 3. The normalized spacial score (nSPS) is 11.3. The van der Waals surface area contributed by atoms with E-state index in [0.717, 1.165) is 43.6 Å². The molecule has 0 fully saturated rings. The lowest BCUT2D eigenvalue weighted by molar-refractivity contribution is 0.414. The molecule has 0 aliphatic carbocycles. The quantitative estimate of drug-likeness (QED) is 0.473. The van der Waals surface area contributed by atoms with E-state index < -0.39 is 0 Å². The van der Waals surface area contributed by atoms with Gasteiger partial charge in [-0.25, -0.2) is 4.98 Å². The van der Waals surface area contributed by atoms with Crippen molar-refractivity contribution in [2.24, 2.45) is 4.99 Å². The van der Waals surface area contributed by atoms with Crippen molar-refractivity contribution in [2.45, 2.75) is 19.5 Å². The van der Waals surface area contributed by atoms with Gasteiger partial charge in [-0.3, -0.25) is 4.99 Å². The van der Waals surface area contributed by atoms with Crippen LogP contribution in [-0.2, 0) is 19.5 Å². The first kappa shape index (κ1) is 20.5. The van der Waals surface area contributed by atoms with Gasteiger partial charge < -0.3 is 19.5 Å². The Bertz CT molecular complexity index is 903. The number of benzene rings is 2. The van der Waals surface area contributed by atoms with Gasteiger partial charge in [0.2, 0.25) is 0 Å². The first-order valence-electron chi connectivity index (χ1n) is 9.78. The molecule has 29 heavy (non-hydrogen) atoms. The van der Waals surface area contributed by atoms with Crippen LogP contribution < -0.4 is 10.1 Å². The van der Waals surface area contributed by atoms with Gasteiger partial charge in [-0.05, 0) is 23.3 Å². The summed E-state index contributed by atoms with van der Waals surface area (Å²) in [4.78, 5) is 11.0. The van der Waals surface area contributed by atoms with E-state index in [1.54, 1.807) is 7.11 Å². The van der Waals surface area contributed by atoms with Gasteiger partial charge in [0.05, 0.1) is 7.11 Å². The number of aliphatic imine (C=N–C) groups is 1. The van der Waals surface area contributed by atoms with Crippen LogP contribution in [0.5, 0.6) is 5.75 Å². The molecule has 0 unspecified atom stereocenters. The Labute approximate surface area is 172 Å². The fraction of sp³-hybridized carbons (Fsp3) is 0.304. The van der Waals surface area contributed by atoms with Crippen LogP contribution >= 0.6 is 0 Å². The zero-order valence-corrected chi connectivity index (χ0v) is 17.4. The molecule has 1 N–H and O–H groups in total. The first-order valence-corrected chi connectivity index (χ1v) is 9.78. The molecule has 0 saturated heterocycles. The topological polar surface area (TPSA) is 54.7 Å². The van der Waals surface area contributed by atoms with Gasteiger partial charge >= 0.3 is 0 Å². The van der Waals surface area contributed by atoms with Gasteiger partial charge in [-0.2, -0.15) is 0 Å². The third-order valence-electron chi connectivity index (χ3n) is 4.78. The number of nitrogens with one attached hydrogen (secondary N) is 1. The molecule has 0 atom stereocenters. The maximum atomic E-state index is 5.22. The maximum absolute atomic E-state index is 5.22. The summed E-state index contributed by atoms with van der Waals surface area (Å²) in [6, 6.07) is 18.5. The minimum atomic E-state index is 0.769. The van der Waals surface area contributed by atoms with E-state index in [2.05, 4.69) is 61.2 Å². The predicted molar refractivity (Wildman–Crippen MR) is 117 cm³/mol. The van der Waals surface area contributed by atoms with Crippen molar-refractivity contribution in [3.63, 3.8) is 0 Å². The SMILES string of the molecule is CN=C(NCCc1nccn1Cc1ccccc1)N(C)Cc1ccc(OC)cc1. The second kappa shape index (κ2) is 10.3. The van der Waals surface area contributed by atoms with Gasteiger partial charge in [-0.15, -0.1) is 0 Å². The fourth-order valence-electron chi connectivity index (χ4n) is 3.24. The Hall–Kier alpha value is -3.28. The van der Waals surface area contributed by atoms with E-state index in [1.807, 2.05) is 44.7 Å². The molecule has 6 heteroatoms. The van der Waals surface area contributed by atoms with Crippen LogP contribution in [0.3, 0.4) is 0 Å². The minimum Gasteiger partial charge on any atom is -0.497 e. The number of aromatic nitrogens is 2. The summed E-state index contributed by atoms with van der Waals surface area (Å²) in [5, 5.41) is 3.44. The van der Waals surface area contributed by atoms with Crippen molar-refractivity contribution in [1.82, 2.24) is 19.8 Å². The third kappa shape index (κ3) is 5.85. The van der Waals surface area contributed by atoms with E-state index in [4.69, 9.17) is 4.74 Å². The number of nitrogens with zero attached hydrogens (tertiary/aromatic N) is 4. The minimum absolute atomic E-state index is 0.769. The lowest BCUT2D eigenvalue weighted by Gasteiger charge is -2.22. The molecule has 0 bridgehead atoms. The number of imidazole rings is 1. The number of guanidine groups is 1. The highest BCUT2D eigenvalue weighted by atomic mass is 16.5. The summed E-state index contributed by atoms with van der Waals surface area (Å²) in [7, 11) is 5.52. The van der Waals surface area contributed by atoms with Gasteiger partial charge in [0.1, 0.15) is 11.6 Å². The Morgan fingerprint density at radius 2 is 1.86 bits per heavy atom. The molecule has 0 amide bonds. The van der Waals surface area contributed by atoms with Crippen LogP contribution in [0.1, 0.15) is 17.0 Å². The average Bonchev–Trinajstić information content (AvgIpc) is 3.19. The van der Waals surface area contributed by atoms with Crippen LogP contribution in [-0.4, -0.2) is 48.2 Å². The first-order chi connectivity index (χ1) is 14.2. The highest BCUT2D eigenvalue weighted by Crippen LogP contribution is 2.12. The van der Waals surface area contributed by atoms with Crippen molar-refractivity contribution in [3.8, 4) is 5.75 Å². The summed E-state index contributed by atoms with van der Waals surface area (Å²) in [5.74, 6) is 2.79. The zero-order chi connectivity index (χ0) is 20.5. The highest BCUT2D eigenvalue weighted by Gasteiger charge is 2.08. The molecule has 1 heterocycles. The molecule has 1 aromatic heterocycles. The summed E-state index contributed by atoms with van der Waals surface area (Å²) < 4.78 is 7.42. The second-order valence-corrected chi connectivity index (χ2v) is 6.89. The molecular weight excluding hydrogens is 362 g/mol. The molecular formula is C23H29N5O. The van der Waals surface area contributed by atoms with Crippen LogP contribution in [0.25, 0.3) is 0 Å². The van der Waals surface area contributed by atoms with E-state index in [-0.39, 0.29) is 0 Å². The largest absolute Gasteiger partial charge is 0.497 e. The Morgan fingerprint density at radius 1 is 1.10 bits per heavy atom. The summed E-state index contributed by atoms with van der Waals surface area (Å²) in [5.41, 5.74) is 2.48. The van der Waals surface area contributed by atoms with Crippen molar-refractivity contribution >= 4 is 5.96 Å². The molecule has 0 aliphatic heterocycles. The van der Waals surface area contributed by atoms with Crippen LogP contribution in [0.15, 0.2) is 72.0 Å². The standard InChI is InChI=1S/C23H29N5O/c1-24-23(27(2)17-20-9-11-21(29-3)12-10-20)26-14-13-22-25-15-16-28(22)18-19-7-5-4-6-8-19/h4-12,15-16H,13-14,17-18H2,1-3H3,(H,24,26). The number of methoxy groups -OCH3 is 1. The van der Waals surface area contributed by atoms with E-state index >= 15 is 0 Å². The lowest BCUT2D eigenvalue weighted by Crippen LogP contribution is -2.39. The maximum Gasteiger partial charge on any atom is 0.193 e.